The van der Waals surface area contributed by atoms with E-state index in [-0.39, 0.29) is 18.3 Å². The Morgan fingerprint density at radius 1 is 0.962 bits per heavy atom. The number of rotatable bonds is 7. The normalized spacial score (nSPS) is 10.3. The summed E-state index contributed by atoms with van der Waals surface area (Å²) >= 11 is 0. The van der Waals surface area contributed by atoms with Gasteiger partial charge in [0, 0.05) is 31.0 Å². The van der Waals surface area contributed by atoms with Crippen LogP contribution in [0.3, 0.4) is 0 Å². The molecule has 0 aliphatic rings. The Balaban J connectivity index is 1.49. The average molecular weight is 350 g/mol. The second-order valence-corrected chi connectivity index (χ2v) is 5.73. The highest BCUT2D eigenvalue weighted by molar-refractivity contribution is 5.93. The Hall–Kier alpha value is -3.28. The Morgan fingerprint density at radius 2 is 1.65 bits per heavy atom. The lowest BCUT2D eigenvalue weighted by atomic mass is 10.1. The van der Waals surface area contributed by atoms with E-state index in [0.29, 0.717) is 23.6 Å². The van der Waals surface area contributed by atoms with Crippen LogP contribution in [0.15, 0.2) is 67.0 Å². The number of carbonyl (C=O) groups is 1. The number of hydrogen-bond donors (Lipinski definition) is 2. The molecule has 132 valence electrons. The van der Waals surface area contributed by atoms with Crippen LogP contribution in [0.2, 0.25) is 0 Å². The number of benzene rings is 2. The number of halogens is 1. The first-order valence-electron chi connectivity index (χ1n) is 8.34. The first kappa shape index (κ1) is 17.5. The SMILES string of the molecule is O=C(NCCc1ccccc1)c1cnc(NCc2ccccc2F)nc1. The molecule has 0 atom stereocenters. The van der Waals surface area contributed by atoms with Gasteiger partial charge in [0.05, 0.1) is 5.56 Å². The monoisotopic (exact) mass is 350 g/mol. The van der Waals surface area contributed by atoms with Crippen molar-refractivity contribution >= 4 is 11.9 Å². The molecule has 0 saturated heterocycles. The summed E-state index contributed by atoms with van der Waals surface area (Å²) in [4.78, 5) is 20.3. The molecule has 2 N–H and O–H groups in total. The lowest BCUT2D eigenvalue weighted by Gasteiger charge is -2.07. The van der Waals surface area contributed by atoms with E-state index in [9.17, 15) is 9.18 Å². The topological polar surface area (TPSA) is 66.9 Å². The fourth-order valence-electron chi connectivity index (χ4n) is 2.42. The van der Waals surface area contributed by atoms with Gasteiger partial charge in [0.15, 0.2) is 0 Å². The second-order valence-electron chi connectivity index (χ2n) is 5.73. The highest BCUT2D eigenvalue weighted by atomic mass is 19.1. The first-order chi connectivity index (χ1) is 12.7. The molecule has 0 fully saturated rings. The maximum atomic E-state index is 13.6. The highest BCUT2D eigenvalue weighted by Gasteiger charge is 2.07. The number of nitrogens with zero attached hydrogens (tertiary/aromatic N) is 2. The van der Waals surface area contributed by atoms with Crippen molar-refractivity contribution in [2.24, 2.45) is 0 Å². The number of anilines is 1. The molecule has 6 heteroatoms. The quantitative estimate of drug-likeness (QED) is 0.687. The van der Waals surface area contributed by atoms with Crippen LogP contribution in [0.4, 0.5) is 10.3 Å². The molecule has 0 radical (unpaired) electrons. The fourth-order valence-corrected chi connectivity index (χ4v) is 2.42. The van der Waals surface area contributed by atoms with E-state index in [4.69, 9.17) is 0 Å². The molecule has 0 aliphatic heterocycles. The molecule has 26 heavy (non-hydrogen) atoms. The molecule has 1 aromatic heterocycles. The summed E-state index contributed by atoms with van der Waals surface area (Å²) in [6.07, 6.45) is 3.67. The van der Waals surface area contributed by atoms with Crippen LogP contribution in [0, 0.1) is 5.82 Å². The van der Waals surface area contributed by atoms with Gasteiger partial charge in [0.25, 0.3) is 5.91 Å². The van der Waals surface area contributed by atoms with Gasteiger partial charge in [-0.2, -0.15) is 0 Å². The van der Waals surface area contributed by atoms with Crippen molar-refractivity contribution in [1.82, 2.24) is 15.3 Å². The molecular weight excluding hydrogens is 331 g/mol. The molecular formula is C20H19FN4O. The van der Waals surface area contributed by atoms with Gasteiger partial charge >= 0.3 is 0 Å². The van der Waals surface area contributed by atoms with Crippen LogP contribution in [0.25, 0.3) is 0 Å². The Labute approximate surface area is 151 Å². The zero-order valence-electron chi connectivity index (χ0n) is 14.2. The van der Waals surface area contributed by atoms with Crippen molar-refractivity contribution in [3.63, 3.8) is 0 Å². The molecule has 1 amide bonds. The summed E-state index contributed by atoms with van der Waals surface area (Å²) in [5.74, 6) is -0.162. The standard InChI is InChI=1S/C20H19FN4O/c21-18-9-5-4-8-16(18)12-23-20-24-13-17(14-25-20)19(26)22-11-10-15-6-2-1-3-7-15/h1-9,13-14H,10-12H2,(H,22,26)(H,23,24,25). The molecule has 0 spiro atoms. The predicted molar refractivity (Wildman–Crippen MR) is 98.2 cm³/mol. The fraction of sp³-hybridized carbons (Fsp3) is 0.150. The largest absolute Gasteiger partial charge is 0.352 e. The van der Waals surface area contributed by atoms with Gasteiger partial charge in [0.1, 0.15) is 5.82 Å². The summed E-state index contributed by atoms with van der Waals surface area (Å²) in [7, 11) is 0. The summed E-state index contributed by atoms with van der Waals surface area (Å²) < 4.78 is 13.6. The van der Waals surface area contributed by atoms with Gasteiger partial charge in [-0.3, -0.25) is 4.79 Å². The van der Waals surface area contributed by atoms with Crippen LogP contribution in [-0.2, 0) is 13.0 Å². The number of nitrogens with one attached hydrogen (secondary N) is 2. The summed E-state index contributed by atoms with van der Waals surface area (Å²) in [6, 6.07) is 16.4. The number of carbonyl (C=O) groups excluding carboxylic acids is 1. The molecule has 0 saturated carbocycles. The molecule has 2 aromatic carbocycles. The zero-order chi connectivity index (χ0) is 18.2. The lowest BCUT2D eigenvalue weighted by Crippen LogP contribution is -2.26. The van der Waals surface area contributed by atoms with E-state index in [1.165, 1.54) is 18.5 Å². The maximum absolute atomic E-state index is 13.6. The van der Waals surface area contributed by atoms with Crippen molar-refractivity contribution in [3.8, 4) is 0 Å². The Kier molecular flexibility index (Phi) is 5.88. The smallest absolute Gasteiger partial charge is 0.254 e. The maximum Gasteiger partial charge on any atom is 0.254 e. The van der Waals surface area contributed by atoms with Crippen LogP contribution in [-0.4, -0.2) is 22.4 Å². The Bertz CT molecular complexity index is 853. The zero-order valence-corrected chi connectivity index (χ0v) is 14.2. The third kappa shape index (κ3) is 4.86. The van der Waals surface area contributed by atoms with Gasteiger partial charge in [0.2, 0.25) is 5.95 Å². The summed E-state index contributed by atoms with van der Waals surface area (Å²) in [5, 5.41) is 5.78. The van der Waals surface area contributed by atoms with Gasteiger partial charge in [-0.05, 0) is 18.1 Å². The van der Waals surface area contributed by atoms with Gasteiger partial charge < -0.3 is 10.6 Å². The van der Waals surface area contributed by atoms with E-state index in [1.807, 2.05) is 30.3 Å². The van der Waals surface area contributed by atoms with E-state index >= 15 is 0 Å². The first-order valence-corrected chi connectivity index (χ1v) is 8.34. The molecule has 0 unspecified atom stereocenters. The predicted octanol–water partition coefficient (Wildman–Crippen LogP) is 3.20. The minimum atomic E-state index is -0.283. The molecule has 5 nitrogen and oxygen atoms in total. The van der Waals surface area contributed by atoms with Crippen molar-refractivity contribution in [2.45, 2.75) is 13.0 Å². The van der Waals surface area contributed by atoms with Gasteiger partial charge in [-0.25, -0.2) is 14.4 Å². The van der Waals surface area contributed by atoms with Crippen LogP contribution < -0.4 is 10.6 Å². The highest BCUT2D eigenvalue weighted by Crippen LogP contribution is 2.08. The van der Waals surface area contributed by atoms with Crippen molar-refractivity contribution in [1.29, 1.82) is 0 Å². The molecule has 0 bridgehead atoms. The lowest BCUT2D eigenvalue weighted by molar-refractivity contribution is 0.0953. The third-order valence-electron chi connectivity index (χ3n) is 3.85. The van der Waals surface area contributed by atoms with Crippen LogP contribution in [0.5, 0.6) is 0 Å². The molecule has 3 rings (SSSR count). The van der Waals surface area contributed by atoms with Crippen molar-refractivity contribution < 1.29 is 9.18 Å². The van der Waals surface area contributed by atoms with E-state index in [2.05, 4.69) is 20.6 Å². The minimum absolute atomic E-state index is 0.221. The summed E-state index contributed by atoms with van der Waals surface area (Å²) in [6.45, 7) is 0.811. The van der Waals surface area contributed by atoms with Crippen molar-refractivity contribution in [2.75, 3.05) is 11.9 Å². The molecule has 1 heterocycles. The van der Waals surface area contributed by atoms with E-state index in [1.54, 1.807) is 18.2 Å². The molecule has 3 aromatic rings. The van der Waals surface area contributed by atoms with Crippen LogP contribution >= 0.6 is 0 Å². The van der Waals surface area contributed by atoms with E-state index < -0.39 is 0 Å². The van der Waals surface area contributed by atoms with Gasteiger partial charge in [-0.1, -0.05) is 48.5 Å². The van der Waals surface area contributed by atoms with E-state index in [0.717, 1.165) is 12.0 Å². The second kappa shape index (κ2) is 8.71. The van der Waals surface area contributed by atoms with Gasteiger partial charge in [-0.15, -0.1) is 0 Å². The Morgan fingerprint density at radius 3 is 2.38 bits per heavy atom. The van der Waals surface area contributed by atoms with Crippen LogP contribution in [0.1, 0.15) is 21.5 Å². The average Bonchev–Trinajstić information content (AvgIpc) is 2.68. The third-order valence-corrected chi connectivity index (χ3v) is 3.85. The number of hydrogen-bond acceptors (Lipinski definition) is 4. The number of aromatic nitrogens is 2. The molecule has 0 aliphatic carbocycles. The minimum Gasteiger partial charge on any atom is -0.352 e. The number of amides is 1. The van der Waals surface area contributed by atoms with Crippen molar-refractivity contribution in [3.05, 3.63) is 89.5 Å². The summed E-state index contributed by atoms with van der Waals surface area (Å²) in [5.41, 5.74) is 2.07.